The van der Waals surface area contributed by atoms with Crippen molar-refractivity contribution in [1.82, 2.24) is 4.98 Å². The summed E-state index contributed by atoms with van der Waals surface area (Å²) in [6, 6.07) is 3.55. The van der Waals surface area contributed by atoms with Gasteiger partial charge in [0.05, 0.1) is 13.0 Å². The summed E-state index contributed by atoms with van der Waals surface area (Å²) < 4.78 is 5.66. The maximum absolute atomic E-state index is 11.2. The Bertz CT molecular complexity index is 300. The van der Waals surface area contributed by atoms with E-state index in [0.717, 1.165) is 4.47 Å². The summed E-state index contributed by atoms with van der Waals surface area (Å²) in [4.78, 5) is 15.2. The molecule has 1 N–H and O–H groups in total. The van der Waals surface area contributed by atoms with Gasteiger partial charge in [0.2, 0.25) is 5.91 Å². The second-order valence-corrected chi connectivity index (χ2v) is 3.57. The Hall–Kier alpha value is -0.940. The third kappa shape index (κ3) is 3.85. The largest absolute Gasteiger partial charge is 0.384 e. The number of halogens is 1. The number of carbonyl (C=O) groups is 1. The molecule has 0 aromatic carbocycles. The van der Waals surface area contributed by atoms with Gasteiger partial charge in [-0.1, -0.05) is 0 Å². The third-order valence-electron chi connectivity index (χ3n) is 1.53. The smallest absolute Gasteiger partial charge is 0.227 e. The summed E-state index contributed by atoms with van der Waals surface area (Å²) in [5.41, 5.74) is 0. The molecule has 14 heavy (non-hydrogen) atoms. The first-order valence-electron chi connectivity index (χ1n) is 4.12. The first-order chi connectivity index (χ1) is 6.72. The van der Waals surface area contributed by atoms with E-state index >= 15 is 0 Å². The van der Waals surface area contributed by atoms with E-state index in [4.69, 9.17) is 4.74 Å². The van der Waals surface area contributed by atoms with Gasteiger partial charge in [-0.15, -0.1) is 0 Å². The average Bonchev–Trinajstić information content (AvgIpc) is 2.18. The van der Waals surface area contributed by atoms with Crippen molar-refractivity contribution in [3.05, 3.63) is 22.8 Å². The first-order valence-corrected chi connectivity index (χ1v) is 4.92. The lowest BCUT2D eigenvalue weighted by molar-refractivity contribution is -0.117. The number of nitrogens with zero attached hydrogens (tertiary/aromatic N) is 1. The van der Waals surface area contributed by atoms with Crippen molar-refractivity contribution in [3.63, 3.8) is 0 Å². The van der Waals surface area contributed by atoms with Gasteiger partial charge in [0.15, 0.2) is 0 Å². The summed E-state index contributed by atoms with van der Waals surface area (Å²) in [5, 5.41) is 2.65. The second kappa shape index (κ2) is 5.72. The van der Waals surface area contributed by atoms with Crippen LogP contribution in [0.15, 0.2) is 22.8 Å². The van der Waals surface area contributed by atoms with Gasteiger partial charge in [0.1, 0.15) is 5.82 Å². The number of hydrogen-bond acceptors (Lipinski definition) is 3. The second-order valence-electron chi connectivity index (χ2n) is 2.65. The van der Waals surface area contributed by atoms with Gasteiger partial charge in [-0.25, -0.2) is 4.98 Å². The molecule has 1 heterocycles. The van der Waals surface area contributed by atoms with Crippen molar-refractivity contribution in [2.24, 2.45) is 0 Å². The van der Waals surface area contributed by atoms with Crippen molar-refractivity contribution >= 4 is 27.7 Å². The molecule has 0 aliphatic carbocycles. The highest BCUT2D eigenvalue weighted by molar-refractivity contribution is 9.10. The molecule has 5 heteroatoms. The lowest BCUT2D eigenvalue weighted by atomic mass is 10.4. The quantitative estimate of drug-likeness (QED) is 0.897. The van der Waals surface area contributed by atoms with E-state index in [1.54, 1.807) is 19.4 Å². The highest BCUT2D eigenvalue weighted by atomic mass is 79.9. The fourth-order valence-corrected chi connectivity index (χ4v) is 1.08. The molecule has 76 valence electrons. The van der Waals surface area contributed by atoms with Crippen LogP contribution in [-0.2, 0) is 9.53 Å². The molecular weight excluding hydrogens is 248 g/mol. The maximum Gasteiger partial charge on any atom is 0.227 e. The Morgan fingerprint density at radius 1 is 1.64 bits per heavy atom. The molecule has 0 unspecified atom stereocenters. The van der Waals surface area contributed by atoms with Crippen molar-refractivity contribution in [1.29, 1.82) is 0 Å². The predicted octanol–water partition coefficient (Wildman–Crippen LogP) is 1.82. The van der Waals surface area contributed by atoms with Gasteiger partial charge >= 0.3 is 0 Å². The lowest BCUT2D eigenvalue weighted by Crippen LogP contribution is -2.14. The minimum atomic E-state index is -0.0957. The SMILES string of the molecule is COCCC(=O)Nc1ccc(Br)cn1. The standard InChI is InChI=1S/C9H11BrN2O2/c1-14-5-4-9(13)12-8-3-2-7(10)6-11-8/h2-3,6H,4-5H2,1H3,(H,11,12,13). The number of hydrogen-bond donors (Lipinski definition) is 1. The Morgan fingerprint density at radius 2 is 2.43 bits per heavy atom. The van der Waals surface area contributed by atoms with Crippen LogP contribution in [0.4, 0.5) is 5.82 Å². The number of methoxy groups -OCH3 is 1. The van der Waals surface area contributed by atoms with Crippen LogP contribution in [0, 0.1) is 0 Å². The number of ether oxygens (including phenoxy) is 1. The molecule has 0 spiro atoms. The predicted molar refractivity (Wildman–Crippen MR) is 57.1 cm³/mol. The molecular formula is C9H11BrN2O2. The summed E-state index contributed by atoms with van der Waals surface area (Å²) in [5.74, 6) is 0.455. The topological polar surface area (TPSA) is 51.2 Å². The molecule has 0 bridgehead atoms. The highest BCUT2D eigenvalue weighted by Gasteiger charge is 2.01. The molecule has 4 nitrogen and oxygen atoms in total. The number of anilines is 1. The zero-order chi connectivity index (χ0) is 10.4. The van der Waals surface area contributed by atoms with Crippen molar-refractivity contribution in [2.75, 3.05) is 19.0 Å². The summed E-state index contributed by atoms with van der Waals surface area (Å²) in [6.07, 6.45) is 1.97. The maximum atomic E-state index is 11.2. The Morgan fingerprint density at radius 3 is 3.00 bits per heavy atom. The van der Waals surface area contributed by atoms with Crippen molar-refractivity contribution in [3.8, 4) is 0 Å². The van der Waals surface area contributed by atoms with Crippen LogP contribution in [0.5, 0.6) is 0 Å². The minimum absolute atomic E-state index is 0.0957. The van der Waals surface area contributed by atoms with Gasteiger partial charge in [0.25, 0.3) is 0 Å². The van der Waals surface area contributed by atoms with Gasteiger partial charge in [-0.05, 0) is 28.1 Å². The van der Waals surface area contributed by atoms with Crippen molar-refractivity contribution < 1.29 is 9.53 Å². The Labute approximate surface area is 90.8 Å². The monoisotopic (exact) mass is 258 g/mol. The van der Waals surface area contributed by atoms with Crippen LogP contribution < -0.4 is 5.32 Å². The van der Waals surface area contributed by atoms with Crippen LogP contribution >= 0.6 is 15.9 Å². The Kier molecular flexibility index (Phi) is 4.55. The van der Waals surface area contributed by atoms with E-state index in [1.165, 1.54) is 0 Å². The average molecular weight is 259 g/mol. The molecule has 1 aromatic heterocycles. The van der Waals surface area contributed by atoms with E-state index in [2.05, 4.69) is 26.2 Å². The zero-order valence-corrected chi connectivity index (χ0v) is 9.37. The number of aromatic nitrogens is 1. The van der Waals surface area contributed by atoms with E-state index in [1.807, 2.05) is 6.07 Å². The molecule has 0 aliphatic rings. The van der Waals surface area contributed by atoms with E-state index in [0.29, 0.717) is 18.8 Å². The van der Waals surface area contributed by atoms with Crippen molar-refractivity contribution in [2.45, 2.75) is 6.42 Å². The Balaban J connectivity index is 2.44. The van der Waals surface area contributed by atoms with Gasteiger partial charge in [0, 0.05) is 17.8 Å². The number of carbonyl (C=O) groups excluding carboxylic acids is 1. The lowest BCUT2D eigenvalue weighted by Gasteiger charge is -2.03. The fraction of sp³-hybridized carbons (Fsp3) is 0.333. The summed E-state index contributed by atoms with van der Waals surface area (Å²) in [6.45, 7) is 0.419. The van der Waals surface area contributed by atoms with E-state index in [-0.39, 0.29) is 5.91 Å². The van der Waals surface area contributed by atoms with Gasteiger partial charge in [-0.2, -0.15) is 0 Å². The van der Waals surface area contributed by atoms with Crippen LogP contribution in [0.1, 0.15) is 6.42 Å². The normalized spacial score (nSPS) is 9.86. The molecule has 1 aromatic rings. The number of pyridine rings is 1. The third-order valence-corrected chi connectivity index (χ3v) is 2.00. The molecule has 1 amide bonds. The van der Waals surface area contributed by atoms with Crippen LogP contribution in [-0.4, -0.2) is 24.6 Å². The molecule has 0 radical (unpaired) electrons. The number of amides is 1. The minimum Gasteiger partial charge on any atom is -0.384 e. The van der Waals surface area contributed by atoms with Gasteiger partial charge in [-0.3, -0.25) is 4.79 Å². The van der Waals surface area contributed by atoms with Gasteiger partial charge < -0.3 is 10.1 Å². The molecule has 1 rings (SSSR count). The molecule has 0 atom stereocenters. The summed E-state index contributed by atoms with van der Waals surface area (Å²) >= 11 is 3.26. The zero-order valence-electron chi connectivity index (χ0n) is 7.79. The number of nitrogens with one attached hydrogen (secondary N) is 1. The molecule has 0 aliphatic heterocycles. The fourth-order valence-electron chi connectivity index (χ4n) is 0.850. The van der Waals surface area contributed by atoms with Crippen LogP contribution in [0.25, 0.3) is 0 Å². The summed E-state index contributed by atoms with van der Waals surface area (Å²) in [7, 11) is 1.56. The molecule has 0 saturated carbocycles. The van der Waals surface area contributed by atoms with Crippen LogP contribution in [0.3, 0.4) is 0 Å². The van der Waals surface area contributed by atoms with E-state index < -0.39 is 0 Å². The van der Waals surface area contributed by atoms with E-state index in [9.17, 15) is 4.79 Å². The highest BCUT2D eigenvalue weighted by Crippen LogP contribution is 2.10. The first kappa shape index (κ1) is 11.1. The molecule has 0 fully saturated rings. The van der Waals surface area contributed by atoms with Crippen LogP contribution in [0.2, 0.25) is 0 Å². The molecule has 0 saturated heterocycles. The number of rotatable bonds is 4.